The summed E-state index contributed by atoms with van der Waals surface area (Å²) in [6.45, 7) is 2.28. The third-order valence-corrected chi connectivity index (χ3v) is 8.87. The van der Waals surface area contributed by atoms with Crippen LogP contribution in [0.4, 0.5) is 0 Å². The number of thiol groups is 1. The van der Waals surface area contributed by atoms with Crippen LogP contribution in [0, 0.1) is 0 Å². The normalized spacial score (nSPS) is 11.4. The standard InChI is InChI=1S/C15H17PS/c1-2-16(13-17,14-9-5-3-6-10-14)15-11-7-4-8-12-15/h3-12H,2,13H2,1H3/p+1. The zero-order valence-electron chi connectivity index (χ0n) is 10.1. The molecule has 0 aliphatic rings. The fourth-order valence-corrected chi connectivity index (χ4v) is 6.82. The van der Waals surface area contributed by atoms with Crippen molar-refractivity contribution in [2.24, 2.45) is 0 Å². The number of hydrogen-bond acceptors (Lipinski definition) is 1. The van der Waals surface area contributed by atoms with Crippen LogP contribution in [0.5, 0.6) is 0 Å². The number of rotatable bonds is 4. The van der Waals surface area contributed by atoms with E-state index in [9.17, 15) is 0 Å². The molecule has 0 aliphatic carbocycles. The van der Waals surface area contributed by atoms with E-state index in [1.807, 2.05) is 0 Å². The van der Waals surface area contributed by atoms with E-state index in [1.165, 1.54) is 16.8 Å². The molecule has 0 radical (unpaired) electrons. The van der Waals surface area contributed by atoms with Crippen molar-refractivity contribution in [1.82, 2.24) is 0 Å². The van der Waals surface area contributed by atoms with Gasteiger partial charge in [-0.05, 0) is 31.2 Å². The summed E-state index contributed by atoms with van der Waals surface area (Å²) in [6, 6.07) is 21.7. The minimum absolute atomic E-state index is 0.942. The van der Waals surface area contributed by atoms with E-state index in [0.717, 1.165) is 5.49 Å². The minimum atomic E-state index is -1.30. The van der Waals surface area contributed by atoms with E-state index in [2.05, 4.69) is 80.2 Å². The molecule has 0 nitrogen and oxygen atoms in total. The second kappa shape index (κ2) is 5.71. The van der Waals surface area contributed by atoms with E-state index in [1.54, 1.807) is 0 Å². The molecule has 0 atom stereocenters. The second-order valence-electron chi connectivity index (χ2n) is 4.10. The van der Waals surface area contributed by atoms with Crippen molar-refractivity contribution in [1.29, 1.82) is 0 Å². The lowest BCUT2D eigenvalue weighted by Crippen LogP contribution is -2.25. The zero-order chi connectivity index (χ0) is 12.1. The smallest absolute Gasteiger partial charge is 0.111 e. The lowest BCUT2D eigenvalue weighted by molar-refractivity contribution is 1.47. The third kappa shape index (κ3) is 2.41. The van der Waals surface area contributed by atoms with Crippen LogP contribution in [-0.2, 0) is 0 Å². The average Bonchev–Trinajstić information content (AvgIpc) is 2.43. The summed E-state index contributed by atoms with van der Waals surface area (Å²) in [4.78, 5) is 0. The maximum absolute atomic E-state index is 4.65. The predicted molar refractivity (Wildman–Crippen MR) is 83.5 cm³/mol. The van der Waals surface area contributed by atoms with Gasteiger partial charge in [0.2, 0.25) is 0 Å². The third-order valence-electron chi connectivity index (χ3n) is 3.28. The lowest BCUT2D eigenvalue weighted by Gasteiger charge is -2.24. The van der Waals surface area contributed by atoms with Gasteiger partial charge in [0.15, 0.2) is 0 Å². The van der Waals surface area contributed by atoms with Gasteiger partial charge < -0.3 is 0 Å². The van der Waals surface area contributed by atoms with Crippen LogP contribution in [-0.4, -0.2) is 11.7 Å². The predicted octanol–water partition coefficient (Wildman–Crippen LogP) is 3.56. The van der Waals surface area contributed by atoms with Crippen molar-refractivity contribution < 1.29 is 0 Å². The fraction of sp³-hybridized carbons (Fsp3) is 0.200. The van der Waals surface area contributed by atoms with Crippen LogP contribution in [0.3, 0.4) is 0 Å². The molecule has 0 saturated carbocycles. The number of hydrogen-bond donors (Lipinski definition) is 1. The molecule has 2 aromatic carbocycles. The summed E-state index contributed by atoms with van der Waals surface area (Å²) in [7, 11) is -1.30. The molecule has 0 bridgehead atoms. The summed E-state index contributed by atoms with van der Waals surface area (Å²) in [6.07, 6.45) is 1.17. The highest BCUT2D eigenvalue weighted by molar-refractivity contribution is 8.01. The Morgan fingerprint density at radius 1 is 0.824 bits per heavy atom. The highest BCUT2D eigenvalue weighted by Crippen LogP contribution is 2.56. The van der Waals surface area contributed by atoms with Gasteiger partial charge in [-0.1, -0.05) is 36.4 Å². The Labute approximate surface area is 110 Å². The molecule has 0 fully saturated rings. The molecule has 0 heterocycles. The van der Waals surface area contributed by atoms with Gasteiger partial charge in [0, 0.05) is 0 Å². The molecule has 0 saturated heterocycles. The van der Waals surface area contributed by atoms with Gasteiger partial charge in [0.1, 0.15) is 16.1 Å². The summed E-state index contributed by atoms with van der Waals surface area (Å²) in [5, 5.41) is 2.92. The molecular formula is C15H18PS+. The van der Waals surface area contributed by atoms with E-state index >= 15 is 0 Å². The van der Waals surface area contributed by atoms with Crippen molar-refractivity contribution in [3.8, 4) is 0 Å². The lowest BCUT2D eigenvalue weighted by atomic mass is 10.4. The van der Waals surface area contributed by atoms with Gasteiger partial charge in [-0.2, -0.15) is 0 Å². The van der Waals surface area contributed by atoms with E-state index in [-0.39, 0.29) is 0 Å². The molecule has 2 rings (SSSR count). The van der Waals surface area contributed by atoms with Gasteiger partial charge in [0.25, 0.3) is 0 Å². The highest BCUT2D eigenvalue weighted by Gasteiger charge is 2.39. The van der Waals surface area contributed by atoms with Crippen molar-refractivity contribution in [3.05, 3.63) is 60.7 Å². The van der Waals surface area contributed by atoms with Crippen LogP contribution in [0.25, 0.3) is 0 Å². The Morgan fingerprint density at radius 3 is 1.53 bits per heavy atom. The first kappa shape index (κ1) is 12.7. The molecule has 0 amide bonds. The quantitative estimate of drug-likeness (QED) is 0.631. The Balaban J connectivity index is 2.54. The van der Waals surface area contributed by atoms with Crippen molar-refractivity contribution in [2.75, 3.05) is 11.7 Å². The Morgan fingerprint density at radius 2 is 1.24 bits per heavy atom. The van der Waals surface area contributed by atoms with Gasteiger partial charge in [-0.3, -0.25) is 0 Å². The SMILES string of the molecule is CC[P+](CS)(c1ccccc1)c1ccccc1. The van der Waals surface area contributed by atoms with E-state index in [4.69, 9.17) is 0 Å². The maximum Gasteiger partial charge on any atom is 0.111 e. The molecule has 0 spiro atoms. The van der Waals surface area contributed by atoms with E-state index < -0.39 is 7.26 Å². The van der Waals surface area contributed by atoms with Crippen LogP contribution in [0.2, 0.25) is 0 Å². The molecule has 0 aromatic heterocycles. The van der Waals surface area contributed by atoms with Crippen LogP contribution in [0.1, 0.15) is 6.92 Å². The Bertz CT molecular complexity index is 407. The topological polar surface area (TPSA) is 0 Å². The molecule has 0 N–H and O–H groups in total. The zero-order valence-corrected chi connectivity index (χ0v) is 11.9. The molecule has 0 unspecified atom stereocenters. The number of benzene rings is 2. The average molecular weight is 261 g/mol. The first-order valence-electron chi connectivity index (χ1n) is 5.92. The Hall–Kier alpha value is -0.780. The first-order chi connectivity index (χ1) is 8.33. The highest BCUT2D eigenvalue weighted by atomic mass is 32.1. The molecular weight excluding hydrogens is 243 g/mol. The monoisotopic (exact) mass is 261 g/mol. The molecule has 2 heteroatoms. The van der Waals surface area contributed by atoms with Crippen LogP contribution < -0.4 is 10.6 Å². The minimum Gasteiger partial charge on any atom is -0.138 e. The van der Waals surface area contributed by atoms with Gasteiger partial charge in [-0.15, -0.1) is 12.6 Å². The second-order valence-corrected chi connectivity index (χ2v) is 8.83. The summed E-state index contributed by atoms with van der Waals surface area (Å²) in [5.74, 6) is 0. The van der Waals surface area contributed by atoms with Crippen LogP contribution >= 0.6 is 19.9 Å². The first-order valence-corrected chi connectivity index (χ1v) is 8.72. The van der Waals surface area contributed by atoms with Gasteiger partial charge in [-0.25, -0.2) is 0 Å². The molecule has 17 heavy (non-hydrogen) atoms. The van der Waals surface area contributed by atoms with Crippen molar-refractivity contribution in [3.63, 3.8) is 0 Å². The van der Waals surface area contributed by atoms with Crippen molar-refractivity contribution >= 4 is 30.5 Å². The Kier molecular flexibility index (Phi) is 4.25. The van der Waals surface area contributed by atoms with E-state index in [0.29, 0.717) is 0 Å². The maximum atomic E-state index is 4.65. The molecule has 0 aliphatic heterocycles. The summed E-state index contributed by atoms with van der Waals surface area (Å²) in [5.41, 5.74) is 0.942. The van der Waals surface area contributed by atoms with Crippen molar-refractivity contribution in [2.45, 2.75) is 6.92 Å². The largest absolute Gasteiger partial charge is 0.138 e. The van der Waals surface area contributed by atoms with Gasteiger partial charge >= 0.3 is 0 Å². The fourth-order valence-electron chi connectivity index (χ4n) is 2.20. The molecule has 2 aromatic rings. The summed E-state index contributed by atoms with van der Waals surface area (Å²) >= 11 is 4.65. The molecule has 88 valence electrons. The summed E-state index contributed by atoms with van der Waals surface area (Å²) < 4.78 is 0. The van der Waals surface area contributed by atoms with Gasteiger partial charge in [0.05, 0.1) is 13.4 Å². The van der Waals surface area contributed by atoms with Crippen LogP contribution in [0.15, 0.2) is 60.7 Å².